The Labute approximate surface area is 62.5 Å². The van der Waals surface area contributed by atoms with Gasteiger partial charge in [-0.3, -0.25) is 0 Å². The van der Waals surface area contributed by atoms with Crippen LogP contribution in [-0.2, 0) is 0 Å². The molecule has 0 atom stereocenters. The topological polar surface area (TPSA) is 0 Å². The van der Waals surface area contributed by atoms with Crippen molar-refractivity contribution >= 4 is 9.52 Å². The number of rotatable bonds is 1. The molecule has 0 fully saturated rings. The summed E-state index contributed by atoms with van der Waals surface area (Å²) in [5.41, 5.74) is 2.01. The second kappa shape index (κ2) is 47.5. The molecule has 0 aliphatic heterocycles. The number of hydrogen-bond donors (Lipinski definition) is 0. The van der Waals surface area contributed by atoms with Gasteiger partial charge in [-0.25, -0.2) is 0 Å². The first-order chi connectivity index (χ1) is 4.33. The molecule has 9 heavy (non-hydrogen) atoms. The molecule has 0 aromatic heterocycles. The van der Waals surface area contributed by atoms with E-state index in [4.69, 9.17) is 0 Å². The van der Waals surface area contributed by atoms with E-state index in [-0.39, 0.29) is 9.52 Å². The van der Waals surface area contributed by atoms with Crippen LogP contribution in [0.2, 0.25) is 6.55 Å². The lowest BCUT2D eigenvalue weighted by molar-refractivity contribution is 1.50. The van der Waals surface area contributed by atoms with E-state index in [1.165, 1.54) is 0 Å². The summed E-state index contributed by atoms with van der Waals surface area (Å²) in [6, 6.07) is 0. The normalized spacial score (nSPS) is 6.22. The van der Waals surface area contributed by atoms with Crippen LogP contribution in [0.5, 0.6) is 0 Å². The van der Waals surface area contributed by atoms with Crippen LogP contribution < -0.4 is 0 Å². The quantitative estimate of drug-likeness (QED) is 0.392. The predicted molar refractivity (Wildman–Crippen MR) is 51.8 cm³/mol. The summed E-state index contributed by atoms with van der Waals surface area (Å²) in [6.07, 6.45) is 1.75. The van der Waals surface area contributed by atoms with E-state index in [1.807, 2.05) is 26.5 Å². The fourth-order valence-electron chi connectivity index (χ4n) is 0. The molecule has 0 N–H and O–H groups in total. The van der Waals surface area contributed by atoms with E-state index in [2.05, 4.69) is 19.7 Å². The minimum Gasteiger partial charge on any atom is -0.109 e. The van der Waals surface area contributed by atoms with Gasteiger partial charge in [0, 0.05) is 9.52 Å². The van der Waals surface area contributed by atoms with E-state index in [0.717, 1.165) is 0 Å². The third-order valence-corrected chi connectivity index (χ3v) is 0.866. The Morgan fingerprint density at radius 2 is 1.33 bits per heavy atom. The Morgan fingerprint density at radius 3 is 1.33 bits per heavy atom. The average molecular weight is 144 g/mol. The molecular weight excluding hydrogens is 124 g/mol. The van der Waals surface area contributed by atoms with Gasteiger partial charge in [0.15, 0.2) is 0 Å². The zero-order chi connectivity index (χ0) is 8.12. The first kappa shape index (κ1) is 15.9. The zero-order valence-corrected chi connectivity index (χ0v) is 8.69. The maximum atomic E-state index is 3.54. The van der Waals surface area contributed by atoms with Crippen molar-refractivity contribution < 1.29 is 0 Å². The summed E-state index contributed by atoms with van der Waals surface area (Å²) in [5.74, 6) is 0. The minimum absolute atomic E-state index is 0.188. The summed E-state index contributed by atoms with van der Waals surface area (Å²) >= 11 is 0. The highest BCUT2D eigenvalue weighted by Gasteiger charge is 1.48. The van der Waals surface area contributed by atoms with E-state index < -0.39 is 0 Å². The maximum absolute atomic E-state index is 3.54. The Morgan fingerprint density at radius 1 is 1.22 bits per heavy atom. The zero-order valence-electron chi connectivity index (χ0n) is 7.28. The molecule has 0 heterocycles. The van der Waals surface area contributed by atoms with Crippen LogP contribution >= 0.6 is 0 Å². The van der Waals surface area contributed by atoms with Gasteiger partial charge in [0.05, 0.1) is 0 Å². The smallest absolute Gasteiger partial charge is 0.0415 e. The van der Waals surface area contributed by atoms with Gasteiger partial charge >= 0.3 is 0 Å². The molecule has 1 heteroatoms. The highest BCUT2D eigenvalue weighted by molar-refractivity contribution is 6.39. The van der Waals surface area contributed by atoms with Crippen molar-refractivity contribution in [1.29, 1.82) is 0 Å². The summed E-state index contributed by atoms with van der Waals surface area (Å²) in [6.45, 7) is 15.0. The van der Waals surface area contributed by atoms with Crippen molar-refractivity contribution in [2.24, 2.45) is 0 Å². The third kappa shape index (κ3) is 514. The van der Waals surface area contributed by atoms with Crippen LogP contribution in [0.3, 0.4) is 0 Å². The Bertz CT molecular complexity index is 39.8. The van der Waals surface area contributed by atoms with Gasteiger partial charge in [0.2, 0.25) is 0 Å². The molecule has 0 aliphatic rings. The molecule has 0 radical (unpaired) electrons. The van der Waals surface area contributed by atoms with Gasteiger partial charge in [0.25, 0.3) is 0 Å². The summed E-state index contributed by atoms with van der Waals surface area (Å²) < 4.78 is 0. The molecule has 56 valence electrons. The standard InChI is InChI=1S/C3H8Si.C3H6.C2H6/c1-3-4-2;1-3-2;1-2/h3H,1,4H2,2H3;3H,1H2,2H3;1-2H3. The highest BCUT2D eigenvalue weighted by Crippen LogP contribution is 1.48. The fraction of sp³-hybridized carbons (Fsp3) is 0.500. The summed E-state index contributed by atoms with van der Waals surface area (Å²) in [4.78, 5) is 0. The van der Waals surface area contributed by atoms with Crippen molar-refractivity contribution in [1.82, 2.24) is 0 Å². The lowest BCUT2D eigenvalue weighted by atomic mass is 10.8. The highest BCUT2D eigenvalue weighted by atomic mass is 28.2. The fourth-order valence-corrected chi connectivity index (χ4v) is 0. The van der Waals surface area contributed by atoms with Gasteiger partial charge in [-0.05, 0) is 6.92 Å². The Kier molecular flexibility index (Phi) is 83.7. The number of hydrogen-bond acceptors (Lipinski definition) is 0. The molecule has 0 aliphatic carbocycles. The van der Waals surface area contributed by atoms with Gasteiger partial charge in [-0.15, -0.1) is 18.9 Å². The molecule has 0 aromatic carbocycles. The van der Waals surface area contributed by atoms with Crippen LogP contribution in [0.15, 0.2) is 24.9 Å². The largest absolute Gasteiger partial charge is 0.109 e. The molecule has 0 rings (SSSR count). The first-order valence-electron chi connectivity index (χ1n) is 3.51. The molecule has 0 aromatic rings. The lowest BCUT2D eigenvalue weighted by Gasteiger charge is -1.55. The molecule has 0 saturated heterocycles. The van der Waals surface area contributed by atoms with E-state index in [0.29, 0.717) is 0 Å². The second-order valence-corrected chi connectivity index (χ2v) is 2.50. The molecule has 0 bridgehead atoms. The van der Waals surface area contributed by atoms with Gasteiger partial charge in [0.1, 0.15) is 0 Å². The SMILES string of the molecule is C=CC.C=C[SiH2]C.CC. The maximum Gasteiger partial charge on any atom is 0.0415 e. The van der Waals surface area contributed by atoms with Gasteiger partial charge in [-0.2, -0.15) is 0 Å². The average Bonchev–Trinajstić information content (AvgIpc) is 1.94. The number of allylic oxidation sites excluding steroid dienone is 1. The molecule has 0 spiro atoms. The monoisotopic (exact) mass is 144 g/mol. The Hall–Kier alpha value is -0.303. The van der Waals surface area contributed by atoms with Crippen LogP contribution in [-0.4, -0.2) is 9.52 Å². The van der Waals surface area contributed by atoms with Crippen LogP contribution in [0.1, 0.15) is 20.8 Å². The van der Waals surface area contributed by atoms with E-state index in [1.54, 1.807) is 6.08 Å². The van der Waals surface area contributed by atoms with E-state index >= 15 is 0 Å². The molecule has 0 nitrogen and oxygen atoms in total. The molecule has 0 unspecified atom stereocenters. The van der Waals surface area contributed by atoms with Crippen LogP contribution in [0.4, 0.5) is 0 Å². The molecular formula is C8H20Si. The van der Waals surface area contributed by atoms with Gasteiger partial charge in [-0.1, -0.05) is 26.5 Å². The van der Waals surface area contributed by atoms with Crippen molar-refractivity contribution in [3.05, 3.63) is 24.9 Å². The first-order valence-corrected chi connectivity index (χ1v) is 5.74. The minimum atomic E-state index is 0.188. The van der Waals surface area contributed by atoms with Crippen molar-refractivity contribution in [2.45, 2.75) is 27.3 Å². The molecule has 0 amide bonds. The van der Waals surface area contributed by atoms with Crippen molar-refractivity contribution in [2.75, 3.05) is 0 Å². The second-order valence-electron chi connectivity index (χ2n) is 1.11. The summed E-state index contributed by atoms with van der Waals surface area (Å²) in [5, 5.41) is 0. The van der Waals surface area contributed by atoms with Crippen molar-refractivity contribution in [3.63, 3.8) is 0 Å². The lowest BCUT2D eigenvalue weighted by Crippen LogP contribution is -1.61. The summed E-state index contributed by atoms with van der Waals surface area (Å²) in [7, 11) is 0.188. The van der Waals surface area contributed by atoms with Gasteiger partial charge < -0.3 is 0 Å². The van der Waals surface area contributed by atoms with Crippen LogP contribution in [0.25, 0.3) is 0 Å². The molecule has 0 saturated carbocycles. The van der Waals surface area contributed by atoms with Crippen LogP contribution in [0, 0.1) is 0 Å². The van der Waals surface area contributed by atoms with E-state index in [9.17, 15) is 0 Å². The Balaban J connectivity index is -0.0000000646. The van der Waals surface area contributed by atoms with Crippen molar-refractivity contribution in [3.8, 4) is 0 Å². The predicted octanol–water partition coefficient (Wildman–Crippen LogP) is 2.57. The third-order valence-electron chi connectivity index (χ3n) is 0.289.